The number of aliphatic hydroxyl groups is 3. The van der Waals surface area contributed by atoms with Crippen LogP contribution in [0.5, 0.6) is 0 Å². The predicted molar refractivity (Wildman–Crippen MR) is 118 cm³/mol. The van der Waals surface area contributed by atoms with E-state index < -0.39 is 24.4 Å². The number of carbonyl (C=O) groups is 1. The molecule has 1 unspecified atom stereocenters. The summed E-state index contributed by atoms with van der Waals surface area (Å²) in [5.74, 6) is -0.336. The molecule has 1 aliphatic rings. The van der Waals surface area contributed by atoms with E-state index >= 15 is 0 Å². The van der Waals surface area contributed by atoms with Crippen molar-refractivity contribution in [3.8, 4) is 0 Å². The molecule has 0 aromatic rings. The van der Waals surface area contributed by atoms with Crippen LogP contribution in [0.4, 0.5) is 0 Å². The monoisotopic (exact) mass is 430 g/mol. The number of ether oxygens (including phenoxy) is 2. The molecule has 0 bridgehead atoms. The van der Waals surface area contributed by atoms with Gasteiger partial charge in [-0.25, -0.2) is 0 Å². The third-order valence-electron chi connectivity index (χ3n) is 5.97. The Morgan fingerprint density at radius 1 is 0.867 bits per heavy atom. The fourth-order valence-electron chi connectivity index (χ4n) is 3.95. The highest BCUT2D eigenvalue weighted by molar-refractivity contribution is 5.69. The summed E-state index contributed by atoms with van der Waals surface area (Å²) in [5, 5.41) is 29.0. The highest BCUT2D eigenvalue weighted by atomic mass is 16.6. The molecule has 6 nitrogen and oxygen atoms in total. The van der Waals surface area contributed by atoms with Gasteiger partial charge in [-0.1, -0.05) is 96.8 Å². The van der Waals surface area contributed by atoms with Gasteiger partial charge in [-0.2, -0.15) is 0 Å². The van der Waals surface area contributed by atoms with E-state index in [-0.39, 0.29) is 19.2 Å². The summed E-state index contributed by atoms with van der Waals surface area (Å²) in [7, 11) is 0. The molecule has 0 saturated carbocycles. The zero-order chi connectivity index (χ0) is 22.0. The second-order valence-electron chi connectivity index (χ2n) is 8.81. The molecule has 0 aromatic carbocycles. The number of esters is 1. The van der Waals surface area contributed by atoms with Crippen molar-refractivity contribution in [1.29, 1.82) is 0 Å². The van der Waals surface area contributed by atoms with Crippen molar-refractivity contribution in [1.82, 2.24) is 0 Å². The van der Waals surface area contributed by atoms with Gasteiger partial charge >= 0.3 is 5.97 Å². The summed E-state index contributed by atoms with van der Waals surface area (Å²) < 4.78 is 10.2. The maximum absolute atomic E-state index is 11.8. The fraction of sp³-hybridized carbons (Fsp3) is 0.958. The van der Waals surface area contributed by atoms with Gasteiger partial charge in [0.05, 0.1) is 6.61 Å². The minimum Gasteiger partial charge on any atom is -0.463 e. The lowest BCUT2D eigenvalue weighted by molar-refractivity contribution is -0.151. The van der Waals surface area contributed by atoms with E-state index in [1.54, 1.807) is 0 Å². The van der Waals surface area contributed by atoms with E-state index in [2.05, 4.69) is 6.92 Å². The van der Waals surface area contributed by atoms with Crippen LogP contribution in [0.2, 0.25) is 0 Å². The topological polar surface area (TPSA) is 96.2 Å². The van der Waals surface area contributed by atoms with Crippen molar-refractivity contribution >= 4 is 5.97 Å². The van der Waals surface area contributed by atoms with Gasteiger partial charge in [0.15, 0.2) is 0 Å². The quantitative estimate of drug-likeness (QED) is 0.209. The molecule has 1 fully saturated rings. The molecule has 4 atom stereocenters. The highest BCUT2D eigenvalue weighted by Gasteiger charge is 2.39. The largest absolute Gasteiger partial charge is 0.463 e. The first-order valence-electron chi connectivity index (χ1n) is 12.4. The van der Waals surface area contributed by atoms with Gasteiger partial charge in [0, 0.05) is 6.42 Å². The molecule has 0 spiro atoms. The molecule has 6 heteroatoms. The predicted octanol–water partition coefficient (Wildman–Crippen LogP) is 4.27. The van der Waals surface area contributed by atoms with Crippen LogP contribution in [0, 0.1) is 0 Å². The first-order valence-corrected chi connectivity index (χ1v) is 12.4. The molecule has 178 valence electrons. The van der Waals surface area contributed by atoms with Crippen LogP contribution in [0.3, 0.4) is 0 Å². The number of hydrogen-bond acceptors (Lipinski definition) is 6. The zero-order valence-corrected chi connectivity index (χ0v) is 19.1. The molecule has 1 heterocycles. The molecule has 3 N–H and O–H groups in total. The molecule has 0 aromatic heterocycles. The molecule has 1 aliphatic heterocycles. The van der Waals surface area contributed by atoms with Gasteiger partial charge in [0.2, 0.25) is 0 Å². The summed E-state index contributed by atoms with van der Waals surface area (Å²) in [4.78, 5) is 11.8. The zero-order valence-electron chi connectivity index (χ0n) is 19.1. The SMILES string of the molecule is CCCCCCCCCCCCCCCCCC(=O)OC[C@@H](O)[C@H]1OCC(O)[C@@H]1O. The summed E-state index contributed by atoms with van der Waals surface area (Å²) in [5.41, 5.74) is 0. The summed E-state index contributed by atoms with van der Waals surface area (Å²) in [6, 6.07) is 0. The van der Waals surface area contributed by atoms with Crippen LogP contribution in [-0.4, -0.2) is 58.9 Å². The van der Waals surface area contributed by atoms with Crippen LogP contribution in [0.15, 0.2) is 0 Å². The van der Waals surface area contributed by atoms with E-state index in [1.807, 2.05) is 0 Å². The third kappa shape index (κ3) is 12.9. The van der Waals surface area contributed by atoms with Gasteiger partial charge in [0.1, 0.15) is 31.0 Å². The maximum atomic E-state index is 11.8. The number of aliphatic hydroxyl groups excluding tert-OH is 3. The number of unbranched alkanes of at least 4 members (excludes halogenated alkanes) is 14. The lowest BCUT2D eigenvalue weighted by Gasteiger charge is -2.20. The van der Waals surface area contributed by atoms with Crippen molar-refractivity contribution in [3.05, 3.63) is 0 Å². The lowest BCUT2D eigenvalue weighted by atomic mass is 10.0. The van der Waals surface area contributed by atoms with Crippen molar-refractivity contribution in [3.63, 3.8) is 0 Å². The molecule has 1 rings (SSSR count). The molecule has 30 heavy (non-hydrogen) atoms. The molecule has 1 saturated heterocycles. The second-order valence-corrected chi connectivity index (χ2v) is 8.81. The Morgan fingerprint density at radius 2 is 1.33 bits per heavy atom. The number of rotatable bonds is 19. The number of carbonyl (C=O) groups excluding carboxylic acids is 1. The Kier molecular flexibility index (Phi) is 16.3. The van der Waals surface area contributed by atoms with Gasteiger partial charge in [-0.05, 0) is 6.42 Å². The Labute approximate surface area is 183 Å². The van der Waals surface area contributed by atoms with Gasteiger partial charge < -0.3 is 24.8 Å². The van der Waals surface area contributed by atoms with Crippen LogP contribution in [0.1, 0.15) is 110 Å². The molecule has 0 amide bonds. The summed E-state index contributed by atoms with van der Waals surface area (Å²) in [6.45, 7) is 2.03. The summed E-state index contributed by atoms with van der Waals surface area (Å²) in [6.07, 6.45) is 15.4. The molecular formula is C24H46O6. The van der Waals surface area contributed by atoms with Gasteiger partial charge in [-0.3, -0.25) is 4.79 Å². The highest BCUT2D eigenvalue weighted by Crippen LogP contribution is 2.18. The van der Waals surface area contributed by atoms with E-state index in [0.29, 0.717) is 6.42 Å². The minimum atomic E-state index is -1.14. The average Bonchev–Trinajstić information content (AvgIpc) is 3.07. The first-order chi connectivity index (χ1) is 14.6. The Balaban J connectivity index is 1.83. The van der Waals surface area contributed by atoms with Crippen LogP contribution in [0.25, 0.3) is 0 Å². The van der Waals surface area contributed by atoms with Crippen molar-refractivity contribution in [2.75, 3.05) is 13.2 Å². The van der Waals surface area contributed by atoms with Crippen LogP contribution in [-0.2, 0) is 14.3 Å². The van der Waals surface area contributed by atoms with E-state index in [4.69, 9.17) is 9.47 Å². The van der Waals surface area contributed by atoms with Crippen molar-refractivity contribution in [2.24, 2.45) is 0 Å². The molecular weight excluding hydrogens is 384 g/mol. The van der Waals surface area contributed by atoms with Crippen molar-refractivity contribution in [2.45, 2.75) is 134 Å². The normalized spacial score (nSPS) is 22.3. The lowest BCUT2D eigenvalue weighted by Crippen LogP contribution is -2.41. The third-order valence-corrected chi connectivity index (χ3v) is 5.97. The van der Waals surface area contributed by atoms with Crippen LogP contribution < -0.4 is 0 Å². The Hall–Kier alpha value is -0.690. The van der Waals surface area contributed by atoms with E-state index in [1.165, 1.54) is 77.0 Å². The van der Waals surface area contributed by atoms with Gasteiger partial charge in [-0.15, -0.1) is 0 Å². The fourth-order valence-corrected chi connectivity index (χ4v) is 3.95. The van der Waals surface area contributed by atoms with E-state index in [9.17, 15) is 20.1 Å². The Bertz CT molecular complexity index is 417. The average molecular weight is 431 g/mol. The minimum absolute atomic E-state index is 0.0179. The molecule has 0 radical (unpaired) electrons. The number of hydrogen-bond donors (Lipinski definition) is 3. The van der Waals surface area contributed by atoms with Gasteiger partial charge in [0.25, 0.3) is 0 Å². The summed E-state index contributed by atoms with van der Waals surface area (Å²) >= 11 is 0. The first kappa shape index (κ1) is 27.3. The second kappa shape index (κ2) is 17.9. The van der Waals surface area contributed by atoms with E-state index in [0.717, 1.165) is 19.3 Å². The smallest absolute Gasteiger partial charge is 0.305 e. The molecule has 0 aliphatic carbocycles. The van der Waals surface area contributed by atoms with Crippen LogP contribution >= 0.6 is 0 Å². The van der Waals surface area contributed by atoms with Crippen molar-refractivity contribution < 1.29 is 29.6 Å². The maximum Gasteiger partial charge on any atom is 0.305 e. The Morgan fingerprint density at radius 3 is 1.77 bits per heavy atom. The standard InChI is InChI=1S/C24H46O6/c1-2-3-4-5-6-7-8-9-10-11-12-13-14-15-16-17-22(27)29-19-21(26)24-23(28)20(25)18-30-24/h20-21,23-26,28H,2-19H2,1H3/t20?,21-,23+,24-/m1/s1.